The molecule has 3 saturated heterocycles. The summed E-state index contributed by atoms with van der Waals surface area (Å²) in [6.45, 7) is 7.79. The zero-order chi connectivity index (χ0) is 39.2. The first kappa shape index (κ1) is 39.2. The summed E-state index contributed by atoms with van der Waals surface area (Å²) in [7, 11) is 0. The van der Waals surface area contributed by atoms with Crippen LogP contribution in [0.4, 0.5) is 32.6 Å². The van der Waals surface area contributed by atoms with Crippen LogP contribution in [0.1, 0.15) is 50.6 Å². The number of thioether (sulfide) groups is 1. The number of aromatic nitrogens is 3. The van der Waals surface area contributed by atoms with Gasteiger partial charge in [-0.3, -0.25) is 15.0 Å². The molecule has 0 saturated carbocycles. The van der Waals surface area contributed by atoms with E-state index in [9.17, 15) is 19.6 Å². The maximum Gasteiger partial charge on any atom is 0.328 e. The van der Waals surface area contributed by atoms with Crippen molar-refractivity contribution in [3.8, 4) is 6.07 Å². The molecule has 16 heteroatoms. The van der Waals surface area contributed by atoms with Gasteiger partial charge >= 0.3 is 12.1 Å². The van der Waals surface area contributed by atoms with E-state index in [2.05, 4.69) is 69.6 Å². The lowest BCUT2D eigenvalue weighted by Crippen LogP contribution is -2.49. The summed E-state index contributed by atoms with van der Waals surface area (Å²) in [5.41, 5.74) is 3.81. The zero-order valence-electron chi connectivity index (χ0n) is 31.8. The number of carbonyl (C=O) groups is 3. The number of hydrogen-bond donors (Lipinski definition) is 3. The van der Waals surface area contributed by atoms with E-state index in [4.69, 9.17) is 11.6 Å². The number of likely N-dealkylation sites (tertiary alicyclic amines) is 1. The maximum atomic E-state index is 12.8. The molecule has 4 aromatic rings. The molecule has 7 rings (SSSR count). The fourth-order valence-corrected chi connectivity index (χ4v) is 8.92. The first-order valence-corrected chi connectivity index (χ1v) is 21.0. The number of anilines is 4. The van der Waals surface area contributed by atoms with E-state index in [-0.39, 0.29) is 24.0 Å². The molecule has 5 amide bonds. The highest BCUT2D eigenvalue weighted by molar-refractivity contribution is 7.98. The molecule has 3 N–H and O–H groups in total. The fourth-order valence-electron chi connectivity index (χ4n) is 8.02. The molecule has 1 atom stereocenters. The molecule has 0 unspecified atom stereocenters. The predicted octanol–water partition coefficient (Wildman–Crippen LogP) is 6.29. The van der Waals surface area contributed by atoms with Crippen molar-refractivity contribution in [1.82, 2.24) is 30.1 Å². The third-order valence-electron chi connectivity index (χ3n) is 11.1. The van der Waals surface area contributed by atoms with Crippen LogP contribution in [0.25, 0.3) is 10.9 Å². The molecule has 14 nitrogen and oxygen atoms in total. The first-order valence-electron chi connectivity index (χ1n) is 19.2. The molecule has 0 radical (unpaired) electrons. The lowest BCUT2D eigenvalue weighted by Gasteiger charge is -2.38. The number of urea groups is 2. The number of nitriles is 1. The predicted molar refractivity (Wildman–Crippen MR) is 223 cm³/mol. The summed E-state index contributed by atoms with van der Waals surface area (Å²) in [5, 5.41) is 18.9. The largest absolute Gasteiger partial charge is 0.358 e. The number of imide groups is 1. The van der Waals surface area contributed by atoms with Crippen molar-refractivity contribution in [3.63, 3.8) is 0 Å². The fraction of sp³-hybridized carbons (Fsp3) is 0.450. The number of piperidine rings is 2. The molecule has 5 heterocycles. The number of hydrogen-bond acceptors (Lipinski definition) is 10. The standard InChI is InChI=1S/C40H48ClN11O3S/c1-27(52(26-56-2)32-7-6-29(21-42)34(41)20-32)22-45-39(54)46-30-23-43-38(44-24-30)49-16-8-28(9-17-49)25-48-14-10-31(11-15-48)50-18-12-33-35(50)4-3-5-36(33)51-19-13-37(53)47-40(51)55/h3-7,12,18,20,23-24,27-28,31H,8-11,13-17,19,22,25-26H2,1-2H3,(H2,45,46,54)(H,47,53,55)/t27-/m1/s1. The van der Waals surface area contributed by atoms with Gasteiger partial charge in [0, 0.05) is 81.6 Å². The lowest BCUT2D eigenvalue weighted by atomic mass is 9.95. The van der Waals surface area contributed by atoms with E-state index in [1.54, 1.807) is 41.2 Å². The van der Waals surface area contributed by atoms with Gasteiger partial charge < -0.3 is 29.9 Å². The Bertz CT molecular complexity index is 2070. The van der Waals surface area contributed by atoms with Gasteiger partial charge in [-0.1, -0.05) is 17.7 Å². The number of amides is 5. The lowest BCUT2D eigenvalue weighted by molar-refractivity contribution is -0.120. The highest BCUT2D eigenvalue weighted by atomic mass is 35.5. The highest BCUT2D eigenvalue weighted by Gasteiger charge is 2.29. The van der Waals surface area contributed by atoms with Crippen LogP contribution in [0.3, 0.4) is 0 Å². The molecule has 0 aliphatic carbocycles. The molecular formula is C40H48ClN11O3S. The molecule has 294 valence electrons. The third-order valence-corrected chi connectivity index (χ3v) is 12.0. The van der Waals surface area contributed by atoms with Crippen molar-refractivity contribution >= 4 is 75.2 Å². The van der Waals surface area contributed by atoms with Gasteiger partial charge in [0.1, 0.15) is 6.07 Å². The van der Waals surface area contributed by atoms with Crippen molar-refractivity contribution in [2.45, 2.75) is 51.1 Å². The number of nitrogens with one attached hydrogen (secondary N) is 3. The van der Waals surface area contributed by atoms with Gasteiger partial charge in [-0.15, -0.1) is 11.8 Å². The van der Waals surface area contributed by atoms with Crippen LogP contribution in [0, 0.1) is 17.2 Å². The Morgan fingerprint density at radius 2 is 1.84 bits per heavy atom. The molecule has 3 aliphatic rings. The summed E-state index contributed by atoms with van der Waals surface area (Å²) in [6, 6.07) is 15.3. The Morgan fingerprint density at radius 1 is 1.07 bits per heavy atom. The number of halogens is 1. The van der Waals surface area contributed by atoms with Gasteiger partial charge in [0.15, 0.2) is 0 Å². The minimum atomic E-state index is -0.356. The summed E-state index contributed by atoms with van der Waals surface area (Å²) < 4.78 is 2.37. The Labute approximate surface area is 336 Å². The summed E-state index contributed by atoms with van der Waals surface area (Å²) in [5.74, 6) is 1.76. The average molecular weight is 798 g/mol. The van der Waals surface area contributed by atoms with Crippen LogP contribution in [-0.4, -0.2) is 101 Å². The summed E-state index contributed by atoms with van der Waals surface area (Å²) in [6.07, 6.45) is 12.1. The van der Waals surface area contributed by atoms with E-state index >= 15 is 0 Å². The Kier molecular flexibility index (Phi) is 12.5. The van der Waals surface area contributed by atoms with Crippen molar-refractivity contribution in [2.75, 3.05) is 78.0 Å². The second kappa shape index (κ2) is 17.8. The topological polar surface area (TPSA) is 155 Å². The summed E-state index contributed by atoms with van der Waals surface area (Å²) >= 11 is 7.95. The summed E-state index contributed by atoms with van der Waals surface area (Å²) in [4.78, 5) is 54.8. The molecule has 3 aliphatic heterocycles. The van der Waals surface area contributed by atoms with Crippen LogP contribution in [-0.2, 0) is 4.79 Å². The number of nitrogens with zero attached hydrogens (tertiary/aromatic N) is 8. The molecular weight excluding hydrogens is 750 g/mol. The Hall–Kier alpha value is -5.04. The monoisotopic (exact) mass is 797 g/mol. The van der Waals surface area contributed by atoms with Gasteiger partial charge in [0.2, 0.25) is 11.9 Å². The number of rotatable bonds is 12. The van der Waals surface area contributed by atoms with E-state index in [0.29, 0.717) is 59.6 Å². The number of fused-ring (bicyclic) bond motifs is 1. The first-order chi connectivity index (χ1) is 27.2. The molecule has 2 aromatic heterocycles. The van der Waals surface area contributed by atoms with Gasteiger partial charge in [0.05, 0.1) is 45.7 Å². The molecule has 2 aromatic carbocycles. The quantitative estimate of drug-likeness (QED) is 0.139. The SMILES string of the molecule is CSCN(c1ccc(C#N)c(Cl)c1)[C@H](C)CNC(=O)Nc1cnc(N2CCC(CN3CCC(n4ccc5c(N6CCC(=O)NC6=O)cccc54)CC3)CC2)nc1. The maximum absolute atomic E-state index is 12.8. The second-order valence-electron chi connectivity index (χ2n) is 14.8. The van der Waals surface area contributed by atoms with Gasteiger partial charge in [-0.25, -0.2) is 19.6 Å². The minimum absolute atomic E-state index is 0.0291. The van der Waals surface area contributed by atoms with Crippen LogP contribution in [0.2, 0.25) is 5.02 Å². The van der Waals surface area contributed by atoms with Crippen molar-refractivity contribution in [2.24, 2.45) is 5.92 Å². The number of carbonyl (C=O) groups excluding carboxylic acids is 3. The van der Waals surface area contributed by atoms with Crippen LogP contribution < -0.4 is 30.7 Å². The smallest absolute Gasteiger partial charge is 0.328 e. The normalized spacial score (nSPS) is 17.8. The van der Waals surface area contributed by atoms with Crippen molar-refractivity contribution < 1.29 is 14.4 Å². The van der Waals surface area contributed by atoms with Crippen LogP contribution in [0.15, 0.2) is 61.1 Å². The molecule has 0 bridgehead atoms. The molecule has 56 heavy (non-hydrogen) atoms. The third kappa shape index (κ3) is 8.98. The van der Waals surface area contributed by atoms with E-state index in [0.717, 1.165) is 80.7 Å². The Balaban J connectivity index is 0.838. The molecule has 0 spiro atoms. The van der Waals surface area contributed by atoms with E-state index in [1.165, 1.54) is 0 Å². The van der Waals surface area contributed by atoms with Gasteiger partial charge in [-0.2, -0.15) is 5.26 Å². The highest BCUT2D eigenvalue weighted by Crippen LogP contribution is 2.34. The second-order valence-corrected chi connectivity index (χ2v) is 16.0. The minimum Gasteiger partial charge on any atom is -0.358 e. The van der Waals surface area contributed by atoms with Gasteiger partial charge in [-0.05, 0) is 81.2 Å². The van der Waals surface area contributed by atoms with Crippen LogP contribution >= 0.6 is 23.4 Å². The van der Waals surface area contributed by atoms with Gasteiger partial charge in [0.25, 0.3) is 0 Å². The van der Waals surface area contributed by atoms with E-state index < -0.39 is 0 Å². The Morgan fingerprint density at radius 3 is 2.54 bits per heavy atom. The zero-order valence-corrected chi connectivity index (χ0v) is 33.4. The number of benzene rings is 2. The van der Waals surface area contributed by atoms with Crippen LogP contribution in [0.5, 0.6) is 0 Å². The molecule has 3 fully saturated rings. The van der Waals surface area contributed by atoms with E-state index in [1.807, 2.05) is 31.4 Å². The average Bonchev–Trinajstić information content (AvgIpc) is 3.65. The van der Waals surface area contributed by atoms with Crippen molar-refractivity contribution in [3.05, 3.63) is 71.6 Å². The van der Waals surface area contributed by atoms with Crippen molar-refractivity contribution in [1.29, 1.82) is 5.26 Å².